The van der Waals surface area contributed by atoms with Crippen LogP contribution in [-0.2, 0) is 10.0 Å². The second-order valence-corrected chi connectivity index (χ2v) is 6.43. The van der Waals surface area contributed by atoms with Crippen LogP contribution < -0.4 is 0 Å². The molecule has 0 saturated carbocycles. The maximum absolute atomic E-state index is 12.4. The Kier molecular flexibility index (Phi) is 4.43. The minimum Gasteiger partial charge on any atom is -0.244 e. The number of hydrogen-bond donors (Lipinski definition) is 0. The fourth-order valence-corrected chi connectivity index (χ4v) is 3.06. The Morgan fingerprint density at radius 1 is 1.39 bits per heavy atom. The Morgan fingerprint density at radius 3 is 2.50 bits per heavy atom. The van der Waals surface area contributed by atoms with Crippen LogP contribution >= 0.6 is 0 Å². The summed E-state index contributed by atoms with van der Waals surface area (Å²) in [4.78, 5) is 3.74. The van der Waals surface area contributed by atoms with Crippen molar-refractivity contribution in [2.45, 2.75) is 31.7 Å². The number of hydrogen-bond acceptors (Lipinski definition) is 4. The van der Waals surface area contributed by atoms with Crippen molar-refractivity contribution in [3.63, 3.8) is 0 Å². The van der Waals surface area contributed by atoms with E-state index in [-0.39, 0.29) is 22.5 Å². The highest BCUT2D eigenvalue weighted by Gasteiger charge is 2.29. The van der Waals surface area contributed by atoms with E-state index in [2.05, 4.69) is 4.98 Å². The molecule has 0 radical (unpaired) electrons. The van der Waals surface area contributed by atoms with E-state index in [1.54, 1.807) is 0 Å². The molecular weight excluding hydrogens is 250 g/mol. The van der Waals surface area contributed by atoms with Crippen LogP contribution in [0.25, 0.3) is 0 Å². The van der Waals surface area contributed by atoms with E-state index >= 15 is 0 Å². The lowest BCUT2D eigenvalue weighted by Gasteiger charge is -2.27. The van der Waals surface area contributed by atoms with Gasteiger partial charge in [-0.25, -0.2) is 13.4 Å². The normalized spacial score (nSPS) is 13.6. The van der Waals surface area contributed by atoms with Gasteiger partial charge in [0, 0.05) is 19.3 Å². The first kappa shape index (κ1) is 14.6. The number of aromatic nitrogens is 1. The number of nitriles is 1. The second-order valence-electron chi connectivity index (χ2n) is 4.47. The molecule has 0 fully saturated rings. The van der Waals surface area contributed by atoms with Crippen LogP contribution in [0.1, 0.15) is 26.5 Å². The van der Waals surface area contributed by atoms with Crippen LogP contribution in [0.3, 0.4) is 0 Å². The highest BCUT2D eigenvalue weighted by atomic mass is 32.2. The summed E-state index contributed by atoms with van der Waals surface area (Å²) in [6.07, 6.45) is 1.41. The van der Waals surface area contributed by atoms with Crippen molar-refractivity contribution in [1.29, 1.82) is 5.26 Å². The van der Waals surface area contributed by atoms with Gasteiger partial charge in [0.15, 0.2) is 5.69 Å². The first-order valence-electron chi connectivity index (χ1n) is 5.65. The molecule has 0 amide bonds. The fraction of sp³-hybridized carbons (Fsp3) is 0.500. The van der Waals surface area contributed by atoms with E-state index < -0.39 is 10.0 Å². The Bertz CT molecular complexity index is 561. The first-order chi connectivity index (χ1) is 8.32. The average molecular weight is 267 g/mol. The molecule has 1 aromatic heterocycles. The number of rotatable bonds is 4. The monoisotopic (exact) mass is 267 g/mol. The van der Waals surface area contributed by atoms with Gasteiger partial charge in [-0.1, -0.05) is 13.8 Å². The molecule has 0 aliphatic carbocycles. The van der Waals surface area contributed by atoms with Gasteiger partial charge < -0.3 is 0 Å². The SMILES string of the molecule is CC(C)C(C)N(C)S(=O)(=O)c1cccnc1C#N. The lowest BCUT2D eigenvalue weighted by atomic mass is 10.1. The molecule has 0 saturated heterocycles. The molecule has 0 spiro atoms. The fourth-order valence-electron chi connectivity index (χ4n) is 1.48. The molecule has 0 aromatic carbocycles. The highest BCUT2D eigenvalue weighted by molar-refractivity contribution is 7.89. The van der Waals surface area contributed by atoms with Crippen molar-refractivity contribution < 1.29 is 8.42 Å². The summed E-state index contributed by atoms with van der Waals surface area (Å²) in [5, 5.41) is 8.92. The minimum absolute atomic E-state index is 0.0394. The predicted octanol–water partition coefficient (Wildman–Crippen LogP) is 1.62. The summed E-state index contributed by atoms with van der Waals surface area (Å²) in [6.45, 7) is 5.74. The number of sulfonamides is 1. The number of pyridine rings is 1. The largest absolute Gasteiger partial charge is 0.245 e. The highest BCUT2D eigenvalue weighted by Crippen LogP contribution is 2.21. The zero-order chi connectivity index (χ0) is 13.9. The molecular formula is C12H17N3O2S. The van der Waals surface area contributed by atoms with Crippen LogP contribution in [0.5, 0.6) is 0 Å². The van der Waals surface area contributed by atoms with Gasteiger partial charge in [0.2, 0.25) is 10.0 Å². The zero-order valence-electron chi connectivity index (χ0n) is 11.0. The third kappa shape index (κ3) is 2.68. The van der Waals surface area contributed by atoms with E-state index in [1.165, 1.54) is 29.7 Å². The third-order valence-electron chi connectivity index (χ3n) is 3.07. The third-order valence-corrected chi connectivity index (χ3v) is 5.05. The smallest absolute Gasteiger partial charge is 0.244 e. The zero-order valence-corrected chi connectivity index (χ0v) is 11.8. The summed E-state index contributed by atoms with van der Waals surface area (Å²) in [5.74, 6) is 0.187. The van der Waals surface area contributed by atoms with Crippen molar-refractivity contribution in [2.24, 2.45) is 5.92 Å². The number of nitrogens with zero attached hydrogens (tertiary/aromatic N) is 3. The Hall–Kier alpha value is -1.45. The summed E-state index contributed by atoms with van der Waals surface area (Å²) in [7, 11) is -2.16. The quantitative estimate of drug-likeness (QED) is 0.830. The Morgan fingerprint density at radius 2 is 2.00 bits per heavy atom. The van der Waals surface area contributed by atoms with Gasteiger partial charge in [-0.2, -0.15) is 9.57 Å². The van der Waals surface area contributed by atoms with Crippen molar-refractivity contribution in [3.05, 3.63) is 24.0 Å². The summed E-state index contributed by atoms with van der Waals surface area (Å²) >= 11 is 0. The maximum Gasteiger partial charge on any atom is 0.245 e. The minimum atomic E-state index is -3.68. The van der Waals surface area contributed by atoms with Gasteiger partial charge in [-0.3, -0.25) is 0 Å². The lowest BCUT2D eigenvalue weighted by Crippen LogP contribution is -2.38. The molecule has 1 unspecified atom stereocenters. The lowest BCUT2D eigenvalue weighted by molar-refractivity contribution is 0.315. The van der Waals surface area contributed by atoms with Gasteiger partial charge in [0.05, 0.1) is 0 Å². The van der Waals surface area contributed by atoms with Crippen LogP contribution in [0.2, 0.25) is 0 Å². The molecule has 6 heteroatoms. The van der Waals surface area contributed by atoms with Crippen molar-refractivity contribution >= 4 is 10.0 Å². The van der Waals surface area contributed by atoms with Gasteiger partial charge in [0.25, 0.3) is 0 Å². The van der Waals surface area contributed by atoms with Gasteiger partial charge >= 0.3 is 0 Å². The topological polar surface area (TPSA) is 74.1 Å². The van der Waals surface area contributed by atoms with E-state index in [0.717, 1.165) is 0 Å². The van der Waals surface area contributed by atoms with Crippen LogP contribution in [0, 0.1) is 17.2 Å². The molecule has 0 bridgehead atoms. The van der Waals surface area contributed by atoms with Gasteiger partial charge in [-0.15, -0.1) is 0 Å². The Labute approximate surface area is 108 Å². The standard InChI is InChI=1S/C12H17N3O2S/c1-9(2)10(3)15(4)18(16,17)12-6-5-7-14-11(12)8-13/h5-7,9-10H,1-4H3. The molecule has 1 atom stereocenters. The van der Waals surface area contributed by atoms with Crippen LogP contribution in [-0.4, -0.2) is 30.8 Å². The molecule has 0 aliphatic rings. The molecule has 1 aromatic rings. The molecule has 98 valence electrons. The summed E-state index contributed by atoms with van der Waals surface area (Å²) < 4.78 is 26.1. The van der Waals surface area contributed by atoms with E-state index in [4.69, 9.17) is 5.26 Å². The first-order valence-corrected chi connectivity index (χ1v) is 7.09. The predicted molar refractivity (Wildman–Crippen MR) is 68.2 cm³/mol. The molecule has 1 rings (SSSR count). The van der Waals surface area contributed by atoms with E-state index in [0.29, 0.717) is 0 Å². The van der Waals surface area contributed by atoms with Gasteiger partial charge in [-0.05, 0) is 25.0 Å². The summed E-state index contributed by atoms with van der Waals surface area (Å²) in [6, 6.07) is 4.58. The van der Waals surface area contributed by atoms with Crippen molar-refractivity contribution in [3.8, 4) is 6.07 Å². The molecule has 1 heterocycles. The van der Waals surface area contributed by atoms with Crippen molar-refractivity contribution in [1.82, 2.24) is 9.29 Å². The van der Waals surface area contributed by atoms with E-state index in [9.17, 15) is 8.42 Å². The molecule has 18 heavy (non-hydrogen) atoms. The van der Waals surface area contributed by atoms with Crippen LogP contribution in [0.15, 0.2) is 23.2 Å². The van der Waals surface area contributed by atoms with E-state index in [1.807, 2.05) is 26.8 Å². The molecule has 0 N–H and O–H groups in total. The molecule has 5 nitrogen and oxygen atoms in total. The average Bonchev–Trinajstić information content (AvgIpc) is 2.36. The van der Waals surface area contributed by atoms with Crippen LogP contribution in [0.4, 0.5) is 0 Å². The van der Waals surface area contributed by atoms with Gasteiger partial charge in [0.1, 0.15) is 11.0 Å². The Balaban J connectivity index is 3.27. The maximum atomic E-state index is 12.4. The summed E-state index contributed by atoms with van der Waals surface area (Å²) in [5.41, 5.74) is -0.0692. The second kappa shape index (κ2) is 5.46. The molecule has 0 aliphatic heterocycles. The van der Waals surface area contributed by atoms with Crippen molar-refractivity contribution in [2.75, 3.05) is 7.05 Å².